The Morgan fingerprint density at radius 3 is 1.73 bits per heavy atom. The molecule has 0 unspecified atom stereocenters. The van der Waals surface area contributed by atoms with Crippen molar-refractivity contribution in [2.24, 2.45) is 0 Å². The van der Waals surface area contributed by atoms with Gasteiger partial charge in [-0.05, 0) is 158 Å². The third kappa shape index (κ3) is 7.48. The molecule has 0 aromatic heterocycles. The molecule has 0 saturated carbocycles. The quantitative estimate of drug-likeness (QED) is 0.102. The van der Waals surface area contributed by atoms with E-state index < -0.39 is 0 Å². The third-order valence-corrected chi connectivity index (χ3v) is 11.2. The van der Waals surface area contributed by atoms with Gasteiger partial charge in [-0.2, -0.15) is 0 Å². The second-order valence-corrected chi connectivity index (χ2v) is 15.3. The molecule has 0 radical (unpaired) electrons. The van der Waals surface area contributed by atoms with Crippen LogP contribution >= 0.6 is 0 Å². The van der Waals surface area contributed by atoms with Crippen molar-refractivity contribution in [1.29, 1.82) is 0 Å². The number of nitrogens with zero attached hydrogens (tertiary/aromatic N) is 2. The molecule has 0 aliphatic heterocycles. The highest BCUT2D eigenvalue weighted by Gasteiger charge is 2.23. The van der Waals surface area contributed by atoms with Gasteiger partial charge < -0.3 is 9.80 Å². The molecule has 0 bridgehead atoms. The van der Waals surface area contributed by atoms with E-state index >= 15 is 0 Å². The van der Waals surface area contributed by atoms with Gasteiger partial charge in [0.25, 0.3) is 0 Å². The van der Waals surface area contributed by atoms with Crippen LogP contribution in [-0.2, 0) is 0 Å². The van der Waals surface area contributed by atoms with Gasteiger partial charge in [-0.25, -0.2) is 0 Å². The van der Waals surface area contributed by atoms with Crippen molar-refractivity contribution in [3.05, 3.63) is 210 Å². The predicted molar refractivity (Wildman–Crippen MR) is 244 cm³/mol. The second kappa shape index (κ2) is 16.2. The van der Waals surface area contributed by atoms with Crippen LogP contribution in [-0.4, -0.2) is 0 Å². The topological polar surface area (TPSA) is 6.48 Å². The molecular formula is C54H50N2. The lowest BCUT2D eigenvalue weighted by molar-refractivity contribution is 0.872. The summed E-state index contributed by atoms with van der Waals surface area (Å²) in [6.07, 6.45) is 23.5. The van der Waals surface area contributed by atoms with Crippen molar-refractivity contribution >= 4 is 49.9 Å². The molecule has 2 heteroatoms. The molecule has 276 valence electrons. The van der Waals surface area contributed by atoms with Gasteiger partial charge >= 0.3 is 0 Å². The zero-order valence-corrected chi connectivity index (χ0v) is 33.1. The van der Waals surface area contributed by atoms with Crippen LogP contribution in [0.1, 0.15) is 56.2 Å². The van der Waals surface area contributed by atoms with Gasteiger partial charge in [0.1, 0.15) is 0 Å². The fourth-order valence-corrected chi connectivity index (χ4v) is 8.10. The largest absolute Gasteiger partial charge is 0.321 e. The summed E-state index contributed by atoms with van der Waals surface area (Å²) >= 11 is 0. The number of hydrogen-bond acceptors (Lipinski definition) is 2. The Bertz CT molecular complexity index is 2610. The SMILES string of the molecule is C=CC=CC=CN(C1=CC=C(C)CC1)c1ccc2c(C3=CC=C(C)CC3)c3cc(N(c4ccccc4)c4ccc(C)cc4)ccc3c(-c3ccc(C)cc3)c2c1. The van der Waals surface area contributed by atoms with Gasteiger partial charge in [-0.1, -0.05) is 132 Å². The maximum atomic E-state index is 3.87. The van der Waals surface area contributed by atoms with Gasteiger partial charge in [0.05, 0.1) is 0 Å². The van der Waals surface area contributed by atoms with Gasteiger partial charge in [-0.3, -0.25) is 0 Å². The van der Waals surface area contributed by atoms with E-state index in [1.165, 1.54) is 71.8 Å². The van der Waals surface area contributed by atoms with Crippen molar-refractivity contribution in [3.63, 3.8) is 0 Å². The average molecular weight is 727 g/mol. The molecule has 2 aliphatic carbocycles. The average Bonchev–Trinajstić information content (AvgIpc) is 3.22. The van der Waals surface area contributed by atoms with Crippen LogP contribution in [0.25, 0.3) is 38.2 Å². The summed E-state index contributed by atoms with van der Waals surface area (Å²) in [4.78, 5) is 4.76. The Morgan fingerprint density at radius 1 is 0.482 bits per heavy atom. The van der Waals surface area contributed by atoms with Crippen molar-refractivity contribution in [3.8, 4) is 11.1 Å². The Kier molecular flexibility index (Phi) is 10.6. The lowest BCUT2D eigenvalue weighted by Gasteiger charge is -2.28. The minimum Gasteiger partial charge on any atom is -0.321 e. The summed E-state index contributed by atoms with van der Waals surface area (Å²) in [6.45, 7) is 12.7. The van der Waals surface area contributed by atoms with E-state index in [9.17, 15) is 0 Å². The minimum atomic E-state index is 0.990. The van der Waals surface area contributed by atoms with Crippen LogP contribution < -0.4 is 9.80 Å². The third-order valence-electron chi connectivity index (χ3n) is 11.2. The van der Waals surface area contributed by atoms with Gasteiger partial charge in [0.2, 0.25) is 0 Å². The normalized spacial score (nSPS) is 14.5. The number of para-hydroxylation sites is 1. The molecule has 0 heterocycles. The van der Waals surface area contributed by atoms with E-state index in [-0.39, 0.29) is 0 Å². The van der Waals surface area contributed by atoms with Gasteiger partial charge in [0.15, 0.2) is 0 Å². The zero-order chi connectivity index (χ0) is 38.6. The fraction of sp³-hybridized carbons (Fsp3) is 0.148. The Hall–Kier alpha value is -6.38. The van der Waals surface area contributed by atoms with Crippen LogP contribution in [0.15, 0.2) is 193 Å². The van der Waals surface area contributed by atoms with E-state index in [1.807, 2.05) is 18.2 Å². The van der Waals surface area contributed by atoms with Crippen molar-refractivity contribution < 1.29 is 0 Å². The first kappa shape index (κ1) is 36.6. The first-order chi connectivity index (χ1) is 27.4. The lowest BCUT2D eigenvalue weighted by atomic mass is 9.82. The van der Waals surface area contributed by atoms with Crippen LogP contribution in [0.4, 0.5) is 22.7 Å². The summed E-state index contributed by atoms with van der Waals surface area (Å²) in [5.41, 5.74) is 16.4. The number of rotatable bonds is 10. The smallest absolute Gasteiger partial charge is 0.0468 e. The maximum absolute atomic E-state index is 3.87. The van der Waals surface area contributed by atoms with E-state index in [0.29, 0.717) is 0 Å². The molecule has 0 spiro atoms. The van der Waals surface area contributed by atoms with E-state index in [4.69, 9.17) is 0 Å². The zero-order valence-electron chi connectivity index (χ0n) is 33.1. The summed E-state index contributed by atoms with van der Waals surface area (Å²) in [7, 11) is 0. The van der Waals surface area contributed by atoms with Crippen LogP contribution in [0.2, 0.25) is 0 Å². The molecular weight excluding hydrogens is 677 g/mol. The molecule has 2 nitrogen and oxygen atoms in total. The monoisotopic (exact) mass is 726 g/mol. The molecule has 6 aromatic carbocycles. The molecule has 56 heavy (non-hydrogen) atoms. The van der Waals surface area contributed by atoms with Gasteiger partial charge in [-0.15, -0.1) is 0 Å². The number of hydrogen-bond donors (Lipinski definition) is 0. The second-order valence-electron chi connectivity index (χ2n) is 15.3. The molecule has 0 fully saturated rings. The summed E-state index contributed by atoms with van der Waals surface area (Å²) < 4.78 is 0. The van der Waals surface area contributed by atoms with E-state index in [2.05, 4.69) is 196 Å². The highest BCUT2D eigenvalue weighted by Crippen LogP contribution is 2.47. The van der Waals surface area contributed by atoms with Crippen molar-refractivity contribution in [2.75, 3.05) is 9.80 Å². The Labute approximate surface area is 333 Å². The first-order valence-corrected chi connectivity index (χ1v) is 19.9. The number of allylic oxidation sites excluding steroid dienone is 12. The summed E-state index contributed by atoms with van der Waals surface area (Å²) in [6, 6.07) is 43.0. The molecule has 2 aliphatic rings. The van der Waals surface area contributed by atoms with Crippen LogP contribution in [0.5, 0.6) is 0 Å². The minimum absolute atomic E-state index is 0.990. The summed E-state index contributed by atoms with van der Waals surface area (Å²) in [5.74, 6) is 0. The van der Waals surface area contributed by atoms with Crippen LogP contribution in [0.3, 0.4) is 0 Å². The van der Waals surface area contributed by atoms with Crippen molar-refractivity contribution in [2.45, 2.75) is 53.4 Å². The maximum Gasteiger partial charge on any atom is 0.0468 e. The predicted octanol–water partition coefficient (Wildman–Crippen LogP) is 15.6. The standard InChI is InChI=1S/C54H50N2/c1-6-7-8-12-35-55(44-27-19-40(4)20-28-44)47-31-33-49-51(36-47)53(42-23-15-38(2)16-24-42)50-34-32-48(37-52(50)54(49)43-25-17-39(3)18-26-43)56(45-13-10-9-11-14-45)46-29-21-41(5)22-30-46/h6-17,19,21-25,27,29-37H,1,18,20,26,28H2,2-5H3. The van der Waals surface area contributed by atoms with Crippen molar-refractivity contribution in [1.82, 2.24) is 0 Å². The Morgan fingerprint density at radius 2 is 1.07 bits per heavy atom. The molecule has 0 amide bonds. The fourth-order valence-electron chi connectivity index (χ4n) is 8.10. The highest BCUT2D eigenvalue weighted by atomic mass is 15.1. The van der Waals surface area contributed by atoms with E-state index in [1.54, 1.807) is 0 Å². The number of anilines is 4. The lowest BCUT2D eigenvalue weighted by Crippen LogP contribution is -2.16. The van der Waals surface area contributed by atoms with Crippen LogP contribution in [0, 0.1) is 13.8 Å². The number of benzene rings is 6. The summed E-state index contributed by atoms with van der Waals surface area (Å²) in [5, 5.41) is 5.06. The number of aryl methyl sites for hydroxylation is 2. The molecule has 8 rings (SSSR count). The Balaban J connectivity index is 1.44. The highest BCUT2D eigenvalue weighted by molar-refractivity contribution is 6.20. The van der Waals surface area contributed by atoms with Gasteiger partial charge in [0, 0.05) is 34.6 Å². The number of fused-ring (bicyclic) bond motifs is 2. The first-order valence-electron chi connectivity index (χ1n) is 19.9. The molecule has 6 aromatic rings. The molecule has 0 atom stereocenters. The molecule has 0 N–H and O–H groups in total. The van der Waals surface area contributed by atoms with E-state index in [0.717, 1.165) is 48.4 Å². The molecule has 0 saturated heterocycles.